The zero-order chi connectivity index (χ0) is 9.84. The molecule has 0 aliphatic carbocycles. The van der Waals surface area contributed by atoms with E-state index in [1.165, 1.54) is 0 Å². The number of hydrogen-bond acceptors (Lipinski definition) is 1. The third-order valence-electron chi connectivity index (χ3n) is 2.77. The van der Waals surface area contributed by atoms with Gasteiger partial charge in [0.15, 0.2) is 0 Å². The minimum atomic E-state index is 0.201. The van der Waals surface area contributed by atoms with Crippen LogP contribution in [0.1, 0.15) is 33.1 Å². The second-order valence-corrected chi connectivity index (χ2v) is 5.10. The van der Waals surface area contributed by atoms with Crippen LogP contribution in [0.2, 0.25) is 0 Å². The van der Waals surface area contributed by atoms with Gasteiger partial charge in [0.05, 0.1) is 0 Å². The number of carbonyl (C=O) groups excluding carboxylic acids is 1. The normalized spacial score (nSPS) is 21.6. The summed E-state index contributed by atoms with van der Waals surface area (Å²) in [6, 6.07) is 0. The van der Waals surface area contributed by atoms with Gasteiger partial charge in [-0.3, -0.25) is 4.79 Å². The maximum Gasteiger partial charge on any atom is 0.225 e. The van der Waals surface area contributed by atoms with Crippen LogP contribution in [0.4, 0.5) is 0 Å². The Morgan fingerprint density at radius 1 is 1.54 bits per heavy atom. The van der Waals surface area contributed by atoms with Gasteiger partial charge >= 0.3 is 0 Å². The van der Waals surface area contributed by atoms with E-state index in [0.29, 0.717) is 10.7 Å². The van der Waals surface area contributed by atoms with E-state index >= 15 is 0 Å². The Morgan fingerprint density at radius 3 is 2.54 bits per heavy atom. The first-order valence-corrected chi connectivity index (χ1v) is 5.99. The van der Waals surface area contributed by atoms with Crippen LogP contribution in [-0.4, -0.2) is 28.7 Å². The molecule has 2 nitrogen and oxygen atoms in total. The molecule has 1 aliphatic heterocycles. The van der Waals surface area contributed by atoms with E-state index in [1.807, 2.05) is 11.8 Å². The summed E-state index contributed by atoms with van der Waals surface area (Å²) in [5.41, 5.74) is 0. The molecule has 1 heterocycles. The Bertz CT molecular complexity index is 176. The van der Waals surface area contributed by atoms with Gasteiger partial charge < -0.3 is 4.90 Å². The monoisotopic (exact) mass is 247 g/mol. The lowest BCUT2D eigenvalue weighted by molar-refractivity contribution is -0.135. The van der Waals surface area contributed by atoms with Crippen molar-refractivity contribution < 1.29 is 4.79 Å². The summed E-state index contributed by atoms with van der Waals surface area (Å²) >= 11 is 3.58. The van der Waals surface area contributed by atoms with Crippen LogP contribution in [0.15, 0.2) is 0 Å². The lowest BCUT2D eigenvalue weighted by Crippen LogP contribution is -2.41. The molecule has 0 N–H and O–H groups in total. The molecule has 1 saturated heterocycles. The van der Waals surface area contributed by atoms with Gasteiger partial charge in [-0.15, -0.1) is 0 Å². The van der Waals surface area contributed by atoms with Crippen LogP contribution in [-0.2, 0) is 4.79 Å². The Labute approximate surface area is 88.8 Å². The molecule has 1 fully saturated rings. The lowest BCUT2D eigenvalue weighted by Gasteiger charge is -2.31. The average molecular weight is 248 g/mol. The smallest absolute Gasteiger partial charge is 0.225 e. The molecule has 0 bridgehead atoms. The van der Waals surface area contributed by atoms with Gasteiger partial charge in [-0.05, 0) is 19.3 Å². The zero-order valence-corrected chi connectivity index (χ0v) is 10.0. The molecule has 1 atom stereocenters. The van der Waals surface area contributed by atoms with Crippen LogP contribution < -0.4 is 0 Å². The number of likely N-dealkylation sites (tertiary alicyclic amines) is 1. The number of halogens is 1. The number of carbonyl (C=O) groups is 1. The molecule has 3 heteroatoms. The molecule has 0 radical (unpaired) electrons. The molecular formula is C10H18BrNO. The first-order valence-electron chi connectivity index (χ1n) is 5.08. The quantitative estimate of drug-likeness (QED) is 0.687. The third kappa shape index (κ3) is 2.97. The van der Waals surface area contributed by atoms with Crippen molar-refractivity contribution in [1.82, 2.24) is 4.90 Å². The van der Waals surface area contributed by atoms with Crippen molar-refractivity contribution in [2.24, 2.45) is 5.92 Å². The molecule has 1 aliphatic rings. The lowest BCUT2D eigenvalue weighted by atomic mass is 10.0. The summed E-state index contributed by atoms with van der Waals surface area (Å²) < 4.78 is 0. The van der Waals surface area contributed by atoms with Crippen molar-refractivity contribution in [3.8, 4) is 0 Å². The van der Waals surface area contributed by atoms with Crippen molar-refractivity contribution in [3.05, 3.63) is 0 Å². The maximum atomic E-state index is 11.7. The Kier molecular flexibility index (Phi) is 4.23. The van der Waals surface area contributed by atoms with Gasteiger partial charge in [0.25, 0.3) is 0 Å². The fourth-order valence-electron chi connectivity index (χ4n) is 1.55. The summed E-state index contributed by atoms with van der Waals surface area (Å²) in [6.07, 6.45) is 3.15. The number of piperidine rings is 1. The second kappa shape index (κ2) is 4.99. The fourth-order valence-corrected chi connectivity index (χ4v) is 1.96. The van der Waals surface area contributed by atoms with Gasteiger partial charge in [0.2, 0.25) is 5.91 Å². The molecule has 0 aromatic carbocycles. The molecule has 0 spiro atoms. The SMILES string of the molecule is CCC(C)C(=O)N1CCC(Br)CC1. The van der Waals surface area contributed by atoms with Crippen molar-refractivity contribution in [2.75, 3.05) is 13.1 Å². The van der Waals surface area contributed by atoms with E-state index in [2.05, 4.69) is 22.9 Å². The first-order chi connectivity index (χ1) is 6.15. The van der Waals surface area contributed by atoms with Crippen LogP contribution >= 0.6 is 15.9 Å². The van der Waals surface area contributed by atoms with Gasteiger partial charge in [-0.2, -0.15) is 0 Å². The van der Waals surface area contributed by atoms with Gasteiger partial charge in [-0.25, -0.2) is 0 Å². The highest BCUT2D eigenvalue weighted by atomic mass is 79.9. The molecule has 1 unspecified atom stereocenters. The van der Waals surface area contributed by atoms with Gasteiger partial charge in [0.1, 0.15) is 0 Å². The van der Waals surface area contributed by atoms with E-state index in [1.54, 1.807) is 0 Å². The standard InChI is InChI=1S/C10H18BrNO/c1-3-8(2)10(13)12-6-4-9(11)5-7-12/h8-9H,3-7H2,1-2H3. The van der Waals surface area contributed by atoms with Crippen LogP contribution in [0.3, 0.4) is 0 Å². The number of hydrogen-bond donors (Lipinski definition) is 0. The first kappa shape index (κ1) is 11.0. The number of amides is 1. The van der Waals surface area contributed by atoms with Crippen LogP contribution in [0, 0.1) is 5.92 Å². The van der Waals surface area contributed by atoms with Crippen molar-refractivity contribution in [3.63, 3.8) is 0 Å². The Hall–Kier alpha value is -0.0500. The van der Waals surface area contributed by atoms with E-state index in [-0.39, 0.29) is 5.92 Å². The number of rotatable bonds is 2. The number of alkyl halides is 1. The molecule has 13 heavy (non-hydrogen) atoms. The topological polar surface area (TPSA) is 20.3 Å². The van der Waals surface area contributed by atoms with Crippen molar-refractivity contribution in [1.29, 1.82) is 0 Å². The summed E-state index contributed by atoms with van der Waals surface area (Å²) in [7, 11) is 0. The molecule has 1 amide bonds. The molecule has 0 aromatic rings. The summed E-state index contributed by atoms with van der Waals surface area (Å²) in [5.74, 6) is 0.536. The maximum absolute atomic E-state index is 11.7. The minimum absolute atomic E-state index is 0.201. The highest BCUT2D eigenvalue weighted by Crippen LogP contribution is 2.19. The van der Waals surface area contributed by atoms with E-state index in [9.17, 15) is 4.79 Å². The third-order valence-corrected chi connectivity index (χ3v) is 3.69. The largest absolute Gasteiger partial charge is 0.342 e. The summed E-state index contributed by atoms with van der Waals surface area (Å²) in [6.45, 7) is 5.94. The van der Waals surface area contributed by atoms with Crippen molar-refractivity contribution in [2.45, 2.75) is 37.9 Å². The molecule has 0 aromatic heterocycles. The highest BCUT2D eigenvalue weighted by molar-refractivity contribution is 9.09. The minimum Gasteiger partial charge on any atom is -0.342 e. The number of nitrogens with zero attached hydrogens (tertiary/aromatic N) is 1. The fraction of sp³-hybridized carbons (Fsp3) is 0.900. The Morgan fingerprint density at radius 2 is 2.08 bits per heavy atom. The van der Waals surface area contributed by atoms with Crippen molar-refractivity contribution >= 4 is 21.8 Å². The molecule has 1 rings (SSSR count). The van der Waals surface area contributed by atoms with E-state index < -0.39 is 0 Å². The van der Waals surface area contributed by atoms with E-state index in [4.69, 9.17) is 0 Å². The summed E-state index contributed by atoms with van der Waals surface area (Å²) in [5, 5.41) is 0. The molecule has 76 valence electrons. The Balaban J connectivity index is 2.40. The molecule has 0 saturated carbocycles. The highest BCUT2D eigenvalue weighted by Gasteiger charge is 2.23. The van der Waals surface area contributed by atoms with E-state index in [0.717, 1.165) is 32.4 Å². The van der Waals surface area contributed by atoms with Gasteiger partial charge in [-0.1, -0.05) is 29.8 Å². The summed E-state index contributed by atoms with van der Waals surface area (Å²) in [4.78, 5) is 14.4. The van der Waals surface area contributed by atoms with Crippen LogP contribution in [0.25, 0.3) is 0 Å². The predicted molar refractivity (Wildman–Crippen MR) is 58.0 cm³/mol. The average Bonchev–Trinajstić information content (AvgIpc) is 2.17. The van der Waals surface area contributed by atoms with Crippen LogP contribution in [0.5, 0.6) is 0 Å². The zero-order valence-electron chi connectivity index (χ0n) is 8.42. The predicted octanol–water partition coefficient (Wildman–Crippen LogP) is 2.42. The van der Waals surface area contributed by atoms with Gasteiger partial charge in [0, 0.05) is 23.8 Å². The second-order valence-electron chi connectivity index (χ2n) is 3.81. The molecular weight excluding hydrogens is 230 g/mol.